The maximum absolute atomic E-state index is 5.97. The summed E-state index contributed by atoms with van der Waals surface area (Å²) in [4.78, 5) is 0. The lowest BCUT2D eigenvalue weighted by Gasteiger charge is -2.27. The van der Waals surface area contributed by atoms with Crippen molar-refractivity contribution in [3.05, 3.63) is 11.1 Å². The Bertz CT molecular complexity index is 134. The van der Waals surface area contributed by atoms with Crippen LogP contribution in [0.25, 0.3) is 0 Å². The zero-order chi connectivity index (χ0) is 6.91. The standard InChI is InChI=1S/C8H13Cl/c1-8(2)6-4-3-5-7(8)9/h5H,3-4,6H2,1-2H3. The predicted molar refractivity (Wildman–Crippen MR) is 41.6 cm³/mol. The maximum Gasteiger partial charge on any atom is 0.0197 e. The summed E-state index contributed by atoms with van der Waals surface area (Å²) >= 11 is 5.97. The van der Waals surface area contributed by atoms with Crippen molar-refractivity contribution < 1.29 is 0 Å². The molecule has 0 aromatic carbocycles. The summed E-state index contributed by atoms with van der Waals surface area (Å²) in [7, 11) is 0. The van der Waals surface area contributed by atoms with Crippen LogP contribution in [0.5, 0.6) is 0 Å². The molecule has 0 bridgehead atoms. The van der Waals surface area contributed by atoms with Gasteiger partial charge in [0.2, 0.25) is 0 Å². The second-order valence-corrected chi connectivity index (χ2v) is 3.74. The second kappa shape index (κ2) is 2.34. The van der Waals surface area contributed by atoms with Crippen molar-refractivity contribution in [1.29, 1.82) is 0 Å². The molecule has 0 unspecified atom stereocenters. The van der Waals surface area contributed by atoms with Crippen molar-refractivity contribution >= 4 is 11.6 Å². The smallest absolute Gasteiger partial charge is 0.0197 e. The van der Waals surface area contributed by atoms with Gasteiger partial charge in [0.25, 0.3) is 0 Å². The summed E-state index contributed by atoms with van der Waals surface area (Å²) in [6.45, 7) is 4.40. The molecule has 52 valence electrons. The molecule has 0 aromatic rings. The number of rotatable bonds is 0. The summed E-state index contributed by atoms with van der Waals surface area (Å²) in [5, 5.41) is 1.05. The zero-order valence-corrected chi connectivity index (χ0v) is 6.83. The van der Waals surface area contributed by atoms with Crippen molar-refractivity contribution in [3.63, 3.8) is 0 Å². The molecule has 0 nitrogen and oxygen atoms in total. The first-order valence-corrected chi connectivity index (χ1v) is 3.87. The van der Waals surface area contributed by atoms with Gasteiger partial charge < -0.3 is 0 Å². The molecular formula is C8H13Cl. The molecule has 0 aromatic heterocycles. The van der Waals surface area contributed by atoms with Gasteiger partial charge in [0.15, 0.2) is 0 Å². The van der Waals surface area contributed by atoms with Crippen molar-refractivity contribution in [2.45, 2.75) is 33.1 Å². The highest BCUT2D eigenvalue weighted by Gasteiger charge is 2.23. The predicted octanol–water partition coefficient (Wildman–Crippen LogP) is 3.32. The number of halogens is 1. The Kier molecular flexibility index (Phi) is 1.85. The van der Waals surface area contributed by atoms with E-state index in [1.807, 2.05) is 0 Å². The normalized spacial score (nSPS) is 25.4. The molecule has 0 atom stereocenters. The molecular weight excluding hydrogens is 132 g/mol. The van der Waals surface area contributed by atoms with E-state index in [0.29, 0.717) is 0 Å². The molecule has 0 heterocycles. The topological polar surface area (TPSA) is 0 Å². The van der Waals surface area contributed by atoms with Crippen molar-refractivity contribution in [2.75, 3.05) is 0 Å². The van der Waals surface area contributed by atoms with Crippen LogP contribution in [-0.2, 0) is 0 Å². The van der Waals surface area contributed by atoms with Gasteiger partial charge in [0, 0.05) is 10.4 Å². The largest absolute Gasteiger partial charge is 0.0889 e. The fraction of sp³-hybridized carbons (Fsp3) is 0.750. The van der Waals surface area contributed by atoms with E-state index in [2.05, 4.69) is 19.9 Å². The molecule has 0 fully saturated rings. The highest BCUT2D eigenvalue weighted by molar-refractivity contribution is 6.30. The minimum atomic E-state index is 0.264. The fourth-order valence-electron chi connectivity index (χ4n) is 1.17. The minimum Gasteiger partial charge on any atom is -0.0889 e. The molecule has 0 amide bonds. The summed E-state index contributed by atoms with van der Waals surface area (Å²) in [6.07, 6.45) is 5.85. The molecule has 1 heteroatoms. The Labute approximate surface area is 61.9 Å². The molecule has 0 N–H and O–H groups in total. The number of allylic oxidation sites excluding steroid dienone is 2. The molecule has 0 spiro atoms. The average molecular weight is 145 g/mol. The van der Waals surface area contributed by atoms with Gasteiger partial charge in [-0.15, -0.1) is 0 Å². The lowest BCUT2D eigenvalue weighted by atomic mass is 9.83. The molecule has 0 aliphatic heterocycles. The summed E-state index contributed by atoms with van der Waals surface area (Å²) < 4.78 is 0. The Morgan fingerprint density at radius 1 is 1.56 bits per heavy atom. The molecule has 0 saturated heterocycles. The van der Waals surface area contributed by atoms with Crippen LogP contribution in [0.15, 0.2) is 11.1 Å². The monoisotopic (exact) mass is 144 g/mol. The van der Waals surface area contributed by atoms with Gasteiger partial charge in [0.05, 0.1) is 0 Å². The third-order valence-corrected chi connectivity index (χ3v) is 2.64. The van der Waals surface area contributed by atoms with E-state index in [4.69, 9.17) is 11.6 Å². The first-order chi connectivity index (χ1) is 4.13. The van der Waals surface area contributed by atoms with Crippen molar-refractivity contribution in [3.8, 4) is 0 Å². The van der Waals surface area contributed by atoms with E-state index >= 15 is 0 Å². The summed E-state index contributed by atoms with van der Waals surface area (Å²) in [5.41, 5.74) is 0.264. The highest BCUT2D eigenvalue weighted by Crippen LogP contribution is 2.38. The molecule has 1 aliphatic carbocycles. The average Bonchev–Trinajstić information content (AvgIpc) is 1.77. The molecule has 0 radical (unpaired) electrons. The Morgan fingerprint density at radius 3 is 2.56 bits per heavy atom. The van der Waals surface area contributed by atoms with Crippen LogP contribution >= 0.6 is 11.6 Å². The number of hydrogen-bond donors (Lipinski definition) is 0. The van der Waals surface area contributed by atoms with Gasteiger partial charge >= 0.3 is 0 Å². The van der Waals surface area contributed by atoms with Gasteiger partial charge in [-0.25, -0.2) is 0 Å². The van der Waals surface area contributed by atoms with Crippen LogP contribution in [0.2, 0.25) is 0 Å². The second-order valence-electron chi connectivity index (χ2n) is 3.33. The third-order valence-electron chi connectivity index (χ3n) is 1.98. The first-order valence-electron chi connectivity index (χ1n) is 3.49. The Balaban J connectivity index is 2.73. The lowest BCUT2D eigenvalue weighted by molar-refractivity contribution is 0.395. The molecule has 0 saturated carbocycles. The Morgan fingerprint density at radius 2 is 2.22 bits per heavy atom. The lowest BCUT2D eigenvalue weighted by Crippen LogP contribution is -2.14. The van der Waals surface area contributed by atoms with Crippen LogP contribution < -0.4 is 0 Å². The van der Waals surface area contributed by atoms with E-state index in [1.165, 1.54) is 19.3 Å². The van der Waals surface area contributed by atoms with E-state index in [9.17, 15) is 0 Å². The first kappa shape index (κ1) is 7.14. The molecule has 9 heavy (non-hydrogen) atoms. The molecule has 1 aliphatic rings. The zero-order valence-electron chi connectivity index (χ0n) is 6.08. The van der Waals surface area contributed by atoms with Gasteiger partial charge in [0.1, 0.15) is 0 Å². The van der Waals surface area contributed by atoms with Gasteiger partial charge in [-0.3, -0.25) is 0 Å². The van der Waals surface area contributed by atoms with E-state index in [-0.39, 0.29) is 5.41 Å². The van der Waals surface area contributed by atoms with Gasteiger partial charge in [-0.2, -0.15) is 0 Å². The highest BCUT2D eigenvalue weighted by atomic mass is 35.5. The van der Waals surface area contributed by atoms with Crippen LogP contribution in [0.1, 0.15) is 33.1 Å². The van der Waals surface area contributed by atoms with Crippen LogP contribution in [0.4, 0.5) is 0 Å². The third kappa shape index (κ3) is 1.48. The van der Waals surface area contributed by atoms with E-state index in [1.54, 1.807) is 0 Å². The van der Waals surface area contributed by atoms with Crippen LogP contribution in [0, 0.1) is 5.41 Å². The number of hydrogen-bond acceptors (Lipinski definition) is 0. The van der Waals surface area contributed by atoms with E-state index < -0.39 is 0 Å². The minimum absolute atomic E-state index is 0.264. The van der Waals surface area contributed by atoms with Gasteiger partial charge in [-0.1, -0.05) is 31.5 Å². The van der Waals surface area contributed by atoms with E-state index in [0.717, 1.165) is 5.03 Å². The molecule has 1 rings (SSSR count). The van der Waals surface area contributed by atoms with Crippen LogP contribution in [-0.4, -0.2) is 0 Å². The van der Waals surface area contributed by atoms with Crippen LogP contribution in [0.3, 0.4) is 0 Å². The van der Waals surface area contributed by atoms with Crippen molar-refractivity contribution in [1.82, 2.24) is 0 Å². The Hall–Kier alpha value is 0.0300. The SMILES string of the molecule is CC1(C)CCCC=C1Cl. The summed E-state index contributed by atoms with van der Waals surface area (Å²) in [5.74, 6) is 0. The van der Waals surface area contributed by atoms with Gasteiger partial charge in [-0.05, 0) is 19.3 Å². The maximum atomic E-state index is 5.97. The quantitative estimate of drug-likeness (QED) is 0.489. The fourth-order valence-corrected chi connectivity index (χ4v) is 1.37. The summed E-state index contributed by atoms with van der Waals surface area (Å²) in [6, 6.07) is 0. The van der Waals surface area contributed by atoms with Crippen molar-refractivity contribution in [2.24, 2.45) is 5.41 Å².